The molecule has 1 saturated carbocycles. The van der Waals surface area contributed by atoms with Gasteiger partial charge in [0.15, 0.2) is 5.96 Å². The van der Waals surface area contributed by atoms with Crippen LogP contribution in [0.5, 0.6) is 0 Å². The molecule has 2 N–H and O–H groups in total. The van der Waals surface area contributed by atoms with Crippen LogP contribution in [0.1, 0.15) is 50.6 Å². The Morgan fingerprint density at radius 3 is 2.64 bits per heavy atom. The van der Waals surface area contributed by atoms with Crippen LogP contribution in [0.25, 0.3) is 0 Å². The Morgan fingerprint density at radius 1 is 1.29 bits per heavy atom. The molecular weight excluding hydrogens is 355 g/mol. The molecular formula is C22H37FN4O. The second kappa shape index (κ2) is 11.4. The Bertz CT molecular complexity index is 614. The van der Waals surface area contributed by atoms with Crippen molar-refractivity contribution in [2.24, 2.45) is 10.4 Å². The lowest BCUT2D eigenvalue weighted by molar-refractivity contribution is 0.105. The molecule has 6 heteroatoms. The molecule has 1 unspecified atom stereocenters. The molecule has 0 radical (unpaired) electrons. The van der Waals surface area contributed by atoms with Crippen molar-refractivity contribution in [3.8, 4) is 0 Å². The summed E-state index contributed by atoms with van der Waals surface area (Å²) in [5, 5.41) is 6.95. The van der Waals surface area contributed by atoms with Crippen molar-refractivity contribution in [3.63, 3.8) is 0 Å². The van der Waals surface area contributed by atoms with Gasteiger partial charge in [-0.05, 0) is 63.4 Å². The van der Waals surface area contributed by atoms with E-state index in [9.17, 15) is 4.39 Å². The van der Waals surface area contributed by atoms with Crippen LogP contribution in [-0.2, 0) is 4.74 Å². The molecule has 1 aliphatic carbocycles. The molecule has 1 aromatic rings. The molecule has 0 aliphatic heterocycles. The van der Waals surface area contributed by atoms with Crippen molar-refractivity contribution in [1.82, 2.24) is 15.5 Å². The van der Waals surface area contributed by atoms with E-state index in [0.29, 0.717) is 12.0 Å². The van der Waals surface area contributed by atoms with E-state index in [1.807, 2.05) is 27.1 Å². The van der Waals surface area contributed by atoms with Gasteiger partial charge in [-0.1, -0.05) is 25.0 Å². The summed E-state index contributed by atoms with van der Waals surface area (Å²) < 4.78 is 19.2. The fourth-order valence-electron chi connectivity index (χ4n) is 4.07. The SMILES string of the molecule is CCOCCC1(CNC(=NC)NCC(c2cccc(F)c2)N(C)C)CCCC1. The zero-order valence-electron chi connectivity index (χ0n) is 17.9. The summed E-state index contributed by atoms with van der Waals surface area (Å²) in [7, 11) is 5.81. The first-order valence-electron chi connectivity index (χ1n) is 10.4. The summed E-state index contributed by atoms with van der Waals surface area (Å²) in [6.45, 7) is 5.21. The van der Waals surface area contributed by atoms with E-state index in [-0.39, 0.29) is 11.9 Å². The first kappa shape index (κ1) is 22.6. The lowest BCUT2D eigenvalue weighted by atomic mass is 9.83. The standard InChI is InChI=1S/C22H37FN4O/c1-5-28-14-13-22(11-6-7-12-22)17-26-21(24-2)25-16-20(27(3)4)18-9-8-10-19(23)15-18/h8-10,15,20H,5-7,11-14,16-17H2,1-4H3,(H2,24,25,26). The van der Waals surface area contributed by atoms with Crippen molar-refractivity contribution in [1.29, 1.82) is 0 Å². The van der Waals surface area contributed by atoms with Gasteiger partial charge < -0.3 is 20.3 Å². The highest BCUT2D eigenvalue weighted by Crippen LogP contribution is 2.40. The number of aliphatic imine (C=N–C) groups is 1. The number of benzene rings is 1. The van der Waals surface area contributed by atoms with E-state index in [1.54, 1.807) is 19.2 Å². The van der Waals surface area contributed by atoms with Gasteiger partial charge in [0.05, 0.1) is 6.04 Å². The fourth-order valence-corrected chi connectivity index (χ4v) is 4.07. The molecule has 1 fully saturated rings. The van der Waals surface area contributed by atoms with Gasteiger partial charge in [-0.3, -0.25) is 4.99 Å². The predicted octanol–water partition coefficient (Wildman–Crippen LogP) is 3.58. The van der Waals surface area contributed by atoms with Gasteiger partial charge in [0.2, 0.25) is 0 Å². The minimum atomic E-state index is -0.204. The summed E-state index contributed by atoms with van der Waals surface area (Å²) in [5.41, 5.74) is 1.26. The van der Waals surface area contributed by atoms with E-state index in [4.69, 9.17) is 4.74 Å². The topological polar surface area (TPSA) is 48.9 Å². The van der Waals surface area contributed by atoms with Crippen LogP contribution in [-0.4, -0.2) is 58.3 Å². The van der Waals surface area contributed by atoms with Gasteiger partial charge in [-0.25, -0.2) is 4.39 Å². The molecule has 0 spiro atoms. The van der Waals surface area contributed by atoms with Crippen LogP contribution in [0, 0.1) is 11.2 Å². The van der Waals surface area contributed by atoms with E-state index in [0.717, 1.165) is 37.7 Å². The number of guanidine groups is 1. The summed E-state index contributed by atoms with van der Waals surface area (Å²) in [5.74, 6) is 0.593. The summed E-state index contributed by atoms with van der Waals surface area (Å²) >= 11 is 0. The van der Waals surface area contributed by atoms with E-state index >= 15 is 0 Å². The summed E-state index contributed by atoms with van der Waals surface area (Å²) in [4.78, 5) is 6.48. The Morgan fingerprint density at radius 2 is 2.04 bits per heavy atom. The molecule has 28 heavy (non-hydrogen) atoms. The minimum Gasteiger partial charge on any atom is -0.382 e. The van der Waals surface area contributed by atoms with E-state index < -0.39 is 0 Å². The monoisotopic (exact) mass is 392 g/mol. The molecule has 158 valence electrons. The maximum Gasteiger partial charge on any atom is 0.191 e. The minimum absolute atomic E-state index is 0.0626. The third-order valence-corrected chi connectivity index (χ3v) is 5.82. The lowest BCUT2D eigenvalue weighted by Crippen LogP contribution is -2.45. The number of hydrogen-bond donors (Lipinski definition) is 2. The number of halogens is 1. The molecule has 0 saturated heterocycles. The van der Waals surface area contributed by atoms with E-state index in [1.165, 1.54) is 31.7 Å². The van der Waals surface area contributed by atoms with Gasteiger partial charge in [-0.2, -0.15) is 0 Å². The lowest BCUT2D eigenvalue weighted by Gasteiger charge is -2.31. The number of nitrogens with one attached hydrogen (secondary N) is 2. The smallest absolute Gasteiger partial charge is 0.191 e. The average molecular weight is 393 g/mol. The van der Waals surface area contributed by atoms with Gasteiger partial charge >= 0.3 is 0 Å². The fraction of sp³-hybridized carbons (Fsp3) is 0.682. The Hall–Kier alpha value is -1.66. The number of rotatable bonds is 10. The normalized spacial score (nSPS) is 17.7. The van der Waals surface area contributed by atoms with Crippen LogP contribution in [0.2, 0.25) is 0 Å². The van der Waals surface area contributed by atoms with Crippen molar-refractivity contribution in [3.05, 3.63) is 35.6 Å². The van der Waals surface area contributed by atoms with Crippen LogP contribution >= 0.6 is 0 Å². The quantitative estimate of drug-likeness (QED) is 0.363. The Kier molecular flexibility index (Phi) is 9.19. The van der Waals surface area contributed by atoms with Crippen LogP contribution in [0.15, 0.2) is 29.3 Å². The zero-order valence-corrected chi connectivity index (χ0v) is 17.9. The molecule has 0 amide bonds. The highest BCUT2D eigenvalue weighted by molar-refractivity contribution is 5.79. The number of hydrogen-bond acceptors (Lipinski definition) is 3. The van der Waals surface area contributed by atoms with Gasteiger partial charge in [-0.15, -0.1) is 0 Å². The van der Waals surface area contributed by atoms with Crippen molar-refractivity contribution in [2.75, 3.05) is 47.4 Å². The van der Waals surface area contributed by atoms with Crippen molar-refractivity contribution < 1.29 is 9.13 Å². The van der Waals surface area contributed by atoms with Crippen molar-refractivity contribution >= 4 is 5.96 Å². The molecule has 5 nitrogen and oxygen atoms in total. The maximum absolute atomic E-state index is 13.6. The third-order valence-electron chi connectivity index (χ3n) is 5.82. The molecule has 0 bridgehead atoms. The zero-order chi connectivity index (χ0) is 20.4. The van der Waals surface area contributed by atoms with Crippen LogP contribution in [0.4, 0.5) is 4.39 Å². The number of nitrogens with zero attached hydrogens (tertiary/aromatic N) is 2. The first-order valence-corrected chi connectivity index (χ1v) is 10.4. The highest BCUT2D eigenvalue weighted by atomic mass is 19.1. The predicted molar refractivity (Wildman–Crippen MR) is 114 cm³/mol. The highest BCUT2D eigenvalue weighted by Gasteiger charge is 2.33. The molecule has 0 heterocycles. The molecule has 1 atom stereocenters. The molecule has 1 aliphatic rings. The summed E-state index contributed by atoms with van der Waals surface area (Å²) in [6.07, 6.45) is 6.17. The second-order valence-electron chi connectivity index (χ2n) is 8.00. The van der Waals surface area contributed by atoms with Gasteiger partial charge in [0.25, 0.3) is 0 Å². The van der Waals surface area contributed by atoms with Gasteiger partial charge in [0, 0.05) is 33.4 Å². The third kappa shape index (κ3) is 6.74. The van der Waals surface area contributed by atoms with Crippen LogP contribution in [0.3, 0.4) is 0 Å². The van der Waals surface area contributed by atoms with E-state index in [2.05, 4.69) is 20.5 Å². The average Bonchev–Trinajstić information content (AvgIpc) is 3.13. The van der Waals surface area contributed by atoms with Crippen molar-refractivity contribution in [2.45, 2.75) is 45.1 Å². The number of likely N-dealkylation sites (N-methyl/N-ethyl adjacent to an activating group) is 1. The molecule has 1 aromatic carbocycles. The molecule has 0 aromatic heterocycles. The Labute approximate surface area is 169 Å². The number of ether oxygens (including phenoxy) is 1. The van der Waals surface area contributed by atoms with Crippen LogP contribution < -0.4 is 10.6 Å². The maximum atomic E-state index is 13.6. The largest absolute Gasteiger partial charge is 0.382 e. The first-order chi connectivity index (χ1) is 13.5. The summed E-state index contributed by atoms with van der Waals surface area (Å²) in [6, 6.07) is 6.87. The second-order valence-corrected chi connectivity index (χ2v) is 8.00. The van der Waals surface area contributed by atoms with Gasteiger partial charge in [0.1, 0.15) is 5.82 Å². The molecule has 2 rings (SSSR count). The Balaban J connectivity index is 1.92.